The van der Waals surface area contributed by atoms with Gasteiger partial charge in [-0.3, -0.25) is 0 Å². The van der Waals surface area contributed by atoms with Crippen LogP contribution in [0.15, 0.2) is 45.3 Å². The normalized spacial score (nSPS) is 12.0. The third kappa shape index (κ3) is 3.51. The van der Waals surface area contributed by atoms with Crippen LogP contribution in [0.3, 0.4) is 0 Å². The average molecular weight is 455 g/mol. The fraction of sp³-hybridized carbons (Fsp3) is 0.167. The number of alkyl halides is 3. The van der Waals surface area contributed by atoms with E-state index in [0.717, 1.165) is 6.07 Å². The summed E-state index contributed by atoms with van der Waals surface area (Å²) in [7, 11) is 0. The van der Waals surface area contributed by atoms with Gasteiger partial charge in [0.1, 0.15) is 11.4 Å². The molecule has 0 fully saturated rings. The van der Waals surface area contributed by atoms with Gasteiger partial charge in [0.15, 0.2) is 5.76 Å². The zero-order valence-corrected chi connectivity index (χ0v) is 15.6. The van der Waals surface area contributed by atoms with Crippen molar-refractivity contribution < 1.29 is 22.0 Å². The van der Waals surface area contributed by atoms with Crippen molar-refractivity contribution in [3.63, 3.8) is 0 Å². The molecule has 0 saturated carbocycles. The van der Waals surface area contributed by atoms with Gasteiger partial charge >= 0.3 is 6.18 Å². The van der Waals surface area contributed by atoms with Crippen LogP contribution in [0.4, 0.5) is 17.6 Å². The largest absolute Gasteiger partial charge is 0.452 e. The molecule has 0 radical (unpaired) electrons. The molecule has 0 aliphatic rings. The first kappa shape index (κ1) is 18.6. The monoisotopic (exact) mass is 454 g/mol. The summed E-state index contributed by atoms with van der Waals surface area (Å²) < 4.78 is 59.4. The zero-order chi connectivity index (χ0) is 19.9. The zero-order valence-electron chi connectivity index (χ0n) is 14.0. The molecular formula is C18H11BrF4N4O. The van der Waals surface area contributed by atoms with Crippen molar-refractivity contribution in [2.45, 2.75) is 19.0 Å². The maximum Gasteiger partial charge on any atom is 0.417 e. The number of aromatic nitrogens is 4. The molecule has 10 heteroatoms. The number of hydrogen-bond donors (Lipinski definition) is 1. The number of rotatable bonds is 4. The predicted molar refractivity (Wildman–Crippen MR) is 95.9 cm³/mol. The van der Waals surface area contributed by atoms with Gasteiger partial charge in [0.05, 0.1) is 10.9 Å². The number of benzene rings is 2. The van der Waals surface area contributed by atoms with Crippen LogP contribution in [0.25, 0.3) is 22.6 Å². The Labute approximate surface area is 163 Å². The van der Waals surface area contributed by atoms with Gasteiger partial charge < -0.3 is 4.42 Å². The smallest absolute Gasteiger partial charge is 0.417 e. The molecule has 2 aromatic carbocycles. The Balaban J connectivity index is 1.60. The predicted octanol–water partition coefficient (Wildman–Crippen LogP) is 5.32. The van der Waals surface area contributed by atoms with E-state index in [1.54, 1.807) is 18.2 Å². The number of nitrogens with zero attached hydrogens (tertiary/aromatic N) is 3. The van der Waals surface area contributed by atoms with E-state index in [-0.39, 0.29) is 34.3 Å². The molecule has 0 spiro atoms. The summed E-state index contributed by atoms with van der Waals surface area (Å²) in [6, 6.07) is 8.66. The number of aromatic amines is 1. The topological polar surface area (TPSA) is 67.6 Å². The summed E-state index contributed by atoms with van der Waals surface area (Å²) in [5.41, 5.74) is 0.420. The number of H-pyrrole nitrogens is 1. The lowest BCUT2D eigenvalue weighted by molar-refractivity contribution is -0.138. The molecule has 0 aliphatic heterocycles. The molecule has 4 aromatic rings. The van der Waals surface area contributed by atoms with Gasteiger partial charge in [-0.2, -0.15) is 18.4 Å². The van der Waals surface area contributed by atoms with Crippen LogP contribution in [-0.2, 0) is 19.0 Å². The van der Waals surface area contributed by atoms with Crippen LogP contribution in [0.5, 0.6) is 0 Å². The van der Waals surface area contributed by atoms with E-state index >= 15 is 0 Å². The van der Waals surface area contributed by atoms with Crippen molar-refractivity contribution in [3.8, 4) is 11.6 Å². The first-order valence-electron chi connectivity index (χ1n) is 8.13. The van der Waals surface area contributed by atoms with Crippen LogP contribution >= 0.6 is 15.9 Å². The second-order valence-corrected chi connectivity index (χ2v) is 6.96. The molecule has 0 saturated heterocycles. The maximum atomic E-state index is 14.8. The summed E-state index contributed by atoms with van der Waals surface area (Å²) in [6.45, 7) is 0. The molecule has 0 unspecified atom stereocenters. The third-order valence-electron chi connectivity index (χ3n) is 4.30. The van der Waals surface area contributed by atoms with Crippen molar-refractivity contribution in [2.24, 2.45) is 0 Å². The quantitative estimate of drug-likeness (QED) is 0.423. The molecular weight excluding hydrogens is 444 g/mol. The second kappa shape index (κ2) is 7.01. The van der Waals surface area contributed by atoms with Gasteiger partial charge in [-0.25, -0.2) is 4.39 Å². The van der Waals surface area contributed by atoms with Gasteiger partial charge in [-0.05, 0) is 53.4 Å². The molecule has 0 aliphatic carbocycles. The number of furan rings is 1. The highest BCUT2D eigenvalue weighted by atomic mass is 79.9. The molecule has 1 N–H and O–H groups in total. The van der Waals surface area contributed by atoms with Gasteiger partial charge in [0.2, 0.25) is 5.82 Å². The van der Waals surface area contributed by atoms with E-state index in [4.69, 9.17) is 4.42 Å². The van der Waals surface area contributed by atoms with E-state index in [1.807, 2.05) is 0 Å². The number of fused-ring (bicyclic) bond motifs is 1. The first-order valence-corrected chi connectivity index (χ1v) is 8.92. The van der Waals surface area contributed by atoms with Crippen LogP contribution < -0.4 is 0 Å². The lowest BCUT2D eigenvalue weighted by atomic mass is 10.0. The molecule has 0 atom stereocenters. The van der Waals surface area contributed by atoms with Gasteiger partial charge in [0.25, 0.3) is 0 Å². The summed E-state index contributed by atoms with van der Waals surface area (Å²) in [6.07, 6.45) is -3.96. The molecule has 2 aromatic heterocycles. The molecule has 144 valence electrons. The van der Waals surface area contributed by atoms with E-state index < -0.39 is 17.6 Å². The van der Waals surface area contributed by atoms with Gasteiger partial charge in [0, 0.05) is 4.47 Å². The number of tetrazole rings is 1. The van der Waals surface area contributed by atoms with Crippen molar-refractivity contribution in [1.29, 1.82) is 0 Å². The van der Waals surface area contributed by atoms with Gasteiger partial charge in [-0.1, -0.05) is 28.1 Å². The van der Waals surface area contributed by atoms with Crippen LogP contribution in [-0.4, -0.2) is 20.6 Å². The lowest BCUT2D eigenvalue weighted by Gasteiger charge is -2.11. The molecule has 4 rings (SSSR count). The molecule has 5 nitrogen and oxygen atoms in total. The first-order chi connectivity index (χ1) is 13.3. The highest BCUT2D eigenvalue weighted by molar-refractivity contribution is 9.10. The minimum Gasteiger partial charge on any atom is -0.452 e. The van der Waals surface area contributed by atoms with Crippen LogP contribution in [0.2, 0.25) is 0 Å². The standard InChI is InChI=1S/C18H11BrF4N4O/c19-13-5-2-9(7-12(13)18(21,22)23)1-3-10-4-6-14-11(16(10)20)8-15(28-14)17-24-26-27-25-17/h2,4-8H,1,3H2,(H,24,25,26,27). The van der Waals surface area contributed by atoms with Crippen molar-refractivity contribution in [2.75, 3.05) is 0 Å². The molecule has 0 bridgehead atoms. The Morgan fingerprint density at radius 3 is 2.61 bits per heavy atom. The maximum absolute atomic E-state index is 14.8. The Bertz CT molecular complexity index is 1140. The van der Waals surface area contributed by atoms with Crippen LogP contribution in [0.1, 0.15) is 16.7 Å². The summed E-state index contributed by atoms with van der Waals surface area (Å²) in [5, 5.41) is 13.5. The van der Waals surface area contributed by atoms with Crippen molar-refractivity contribution >= 4 is 26.9 Å². The lowest BCUT2D eigenvalue weighted by Crippen LogP contribution is -2.07. The third-order valence-corrected chi connectivity index (χ3v) is 4.99. The van der Waals surface area contributed by atoms with E-state index in [1.165, 1.54) is 12.1 Å². The number of halogens is 5. The van der Waals surface area contributed by atoms with Crippen LogP contribution in [0, 0.1) is 5.82 Å². The Morgan fingerprint density at radius 2 is 1.89 bits per heavy atom. The minimum atomic E-state index is -4.46. The Hall–Kier alpha value is -2.75. The Morgan fingerprint density at radius 1 is 1.07 bits per heavy atom. The second-order valence-electron chi connectivity index (χ2n) is 6.11. The summed E-state index contributed by atoms with van der Waals surface area (Å²) >= 11 is 2.91. The highest BCUT2D eigenvalue weighted by Gasteiger charge is 2.33. The SMILES string of the molecule is Fc1c(CCc2ccc(Br)c(C(F)(F)F)c2)ccc2oc(-c3nn[nH]n3)cc12. The van der Waals surface area contributed by atoms with Crippen molar-refractivity contribution in [3.05, 3.63) is 63.4 Å². The van der Waals surface area contributed by atoms with E-state index in [9.17, 15) is 17.6 Å². The Kier molecular flexibility index (Phi) is 4.66. The number of nitrogens with one attached hydrogen (secondary N) is 1. The average Bonchev–Trinajstić information content (AvgIpc) is 3.31. The van der Waals surface area contributed by atoms with Gasteiger partial charge in [-0.15, -0.1) is 10.2 Å². The number of hydrogen-bond acceptors (Lipinski definition) is 4. The number of aryl methyl sites for hydroxylation is 2. The van der Waals surface area contributed by atoms with Crippen molar-refractivity contribution in [1.82, 2.24) is 20.6 Å². The van der Waals surface area contributed by atoms with E-state index in [2.05, 4.69) is 36.6 Å². The summed E-state index contributed by atoms with van der Waals surface area (Å²) in [4.78, 5) is 0. The fourth-order valence-corrected chi connectivity index (χ4v) is 3.39. The van der Waals surface area contributed by atoms with E-state index in [0.29, 0.717) is 16.7 Å². The fourth-order valence-electron chi connectivity index (χ4n) is 2.92. The molecule has 0 amide bonds. The molecule has 28 heavy (non-hydrogen) atoms. The minimum absolute atomic E-state index is 0.0243. The highest BCUT2D eigenvalue weighted by Crippen LogP contribution is 2.35. The molecule has 2 heterocycles. The summed E-state index contributed by atoms with van der Waals surface area (Å²) in [5.74, 6) is -0.0154.